The van der Waals surface area contributed by atoms with Gasteiger partial charge in [0, 0.05) is 0 Å². The maximum absolute atomic E-state index is 11.1. The molecule has 5 heteroatoms. The molecule has 0 spiro atoms. The number of hydrogen-bond acceptors (Lipinski definition) is 4. The minimum atomic E-state index is -0.443. The van der Waals surface area contributed by atoms with E-state index in [9.17, 15) is 4.79 Å². The van der Waals surface area contributed by atoms with Gasteiger partial charge in [0.25, 0.3) is 0 Å². The van der Waals surface area contributed by atoms with Crippen LogP contribution in [0.15, 0.2) is 27.4 Å². The van der Waals surface area contributed by atoms with E-state index in [2.05, 4.69) is 11.9 Å². The highest BCUT2D eigenvalue weighted by Crippen LogP contribution is 2.29. The van der Waals surface area contributed by atoms with Crippen molar-refractivity contribution in [1.82, 2.24) is 4.98 Å². The van der Waals surface area contributed by atoms with Crippen LogP contribution in [0.2, 0.25) is 0 Å². The molecule has 1 aromatic carbocycles. The fourth-order valence-electron chi connectivity index (χ4n) is 2.48. The molecule has 2 heterocycles. The van der Waals surface area contributed by atoms with Crippen molar-refractivity contribution in [3.05, 3.63) is 34.3 Å². The number of H-pyrrole nitrogens is 1. The minimum absolute atomic E-state index is 0.0445. The fourth-order valence-corrected chi connectivity index (χ4v) is 2.48. The molecule has 1 aromatic heterocycles. The molecule has 3 atom stereocenters. The van der Waals surface area contributed by atoms with E-state index < -0.39 is 5.76 Å². The number of ether oxygens (including phenoxy) is 1. The van der Waals surface area contributed by atoms with Gasteiger partial charge in [0.15, 0.2) is 5.58 Å². The second-order valence-corrected chi connectivity index (χ2v) is 4.86. The van der Waals surface area contributed by atoms with E-state index in [0.29, 0.717) is 11.1 Å². The summed E-state index contributed by atoms with van der Waals surface area (Å²) >= 11 is 0. The first-order chi connectivity index (χ1) is 8.63. The van der Waals surface area contributed by atoms with Gasteiger partial charge in [-0.1, -0.05) is 6.07 Å². The van der Waals surface area contributed by atoms with Crippen molar-refractivity contribution >= 4 is 11.1 Å². The van der Waals surface area contributed by atoms with Crippen LogP contribution in [0, 0.1) is 0 Å². The molecular weight excluding hydrogens is 232 g/mol. The van der Waals surface area contributed by atoms with Gasteiger partial charge in [0.1, 0.15) is 0 Å². The lowest BCUT2D eigenvalue weighted by atomic mass is 10.00. The van der Waals surface area contributed by atoms with Crippen molar-refractivity contribution in [3.8, 4) is 0 Å². The molecule has 1 aliphatic heterocycles. The summed E-state index contributed by atoms with van der Waals surface area (Å²) in [4.78, 5) is 13.7. The van der Waals surface area contributed by atoms with Crippen LogP contribution < -0.4 is 11.5 Å². The molecule has 3 N–H and O–H groups in total. The van der Waals surface area contributed by atoms with E-state index in [1.807, 2.05) is 18.2 Å². The SMILES string of the molecule is CC1CCC(C(N)c2ccc3[nH]c(=O)oc3c2)O1. The van der Waals surface area contributed by atoms with Crippen LogP contribution in [0.5, 0.6) is 0 Å². The maximum atomic E-state index is 11.1. The van der Waals surface area contributed by atoms with Crippen molar-refractivity contribution in [2.24, 2.45) is 5.73 Å². The monoisotopic (exact) mass is 248 g/mol. The fraction of sp³-hybridized carbons (Fsp3) is 0.462. The Kier molecular flexibility index (Phi) is 2.72. The van der Waals surface area contributed by atoms with E-state index in [1.165, 1.54) is 0 Å². The summed E-state index contributed by atoms with van der Waals surface area (Å²) in [6.45, 7) is 2.06. The average Bonchev–Trinajstić information content (AvgIpc) is 2.92. The van der Waals surface area contributed by atoms with Crippen LogP contribution in [0.4, 0.5) is 0 Å². The largest absolute Gasteiger partial charge is 0.417 e. The van der Waals surface area contributed by atoms with Crippen LogP contribution in [-0.4, -0.2) is 17.2 Å². The molecule has 5 nitrogen and oxygen atoms in total. The Labute approximate surface area is 104 Å². The summed E-state index contributed by atoms with van der Waals surface area (Å²) in [5, 5.41) is 0. The van der Waals surface area contributed by atoms with Crippen molar-refractivity contribution in [3.63, 3.8) is 0 Å². The molecule has 0 aliphatic carbocycles. The normalized spacial score (nSPS) is 25.7. The smallest absolute Gasteiger partial charge is 0.408 e. The molecule has 0 bridgehead atoms. The zero-order valence-corrected chi connectivity index (χ0v) is 10.2. The van der Waals surface area contributed by atoms with Gasteiger partial charge in [-0.15, -0.1) is 0 Å². The van der Waals surface area contributed by atoms with Gasteiger partial charge in [-0.3, -0.25) is 4.98 Å². The quantitative estimate of drug-likeness (QED) is 0.847. The highest BCUT2D eigenvalue weighted by atomic mass is 16.5. The highest BCUT2D eigenvalue weighted by Gasteiger charge is 2.28. The first-order valence-electron chi connectivity index (χ1n) is 6.17. The lowest BCUT2D eigenvalue weighted by molar-refractivity contribution is 0.0401. The third-order valence-corrected chi connectivity index (χ3v) is 3.50. The number of rotatable bonds is 2. The van der Waals surface area contributed by atoms with Gasteiger partial charge >= 0.3 is 5.76 Å². The van der Waals surface area contributed by atoms with E-state index in [0.717, 1.165) is 18.4 Å². The van der Waals surface area contributed by atoms with E-state index in [4.69, 9.17) is 14.9 Å². The lowest BCUT2D eigenvalue weighted by Crippen LogP contribution is -2.26. The summed E-state index contributed by atoms with van der Waals surface area (Å²) < 4.78 is 10.8. The van der Waals surface area contributed by atoms with Crippen molar-refractivity contribution in [1.29, 1.82) is 0 Å². The van der Waals surface area contributed by atoms with Crippen LogP contribution in [0.3, 0.4) is 0 Å². The first kappa shape index (κ1) is 11.5. The summed E-state index contributed by atoms with van der Waals surface area (Å²) in [7, 11) is 0. The lowest BCUT2D eigenvalue weighted by Gasteiger charge is -2.19. The molecule has 3 unspecified atom stereocenters. The molecule has 0 radical (unpaired) electrons. The summed E-state index contributed by atoms with van der Waals surface area (Å²) in [5.41, 5.74) is 8.37. The molecular formula is C13H16N2O3. The number of aromatic nitrogens is 1. The Balaban J connectivity index is 1.91. The third-order valence-electron chi connectivity index (χ3n) is 3.50. The number of nitrogens with two attached hydrogens (primary N) is 1. The number of nitrogens with one attached hydrogen (secondary N) is 1. The molecule has 3 rings (SSSR count). The number of aromatic amines is 1. The molecule has 96 valence electrons. The second-order valence-electron chi connectivity index (χ2n) is 4.86. The molecule has 1 saturated heterocycles. The summed E-state index contributed by atoms with van der Waals surface area (Å²) in [6, 6.07) is 5.35. The van der Waals surface area contributed by atoms with Crippen LogP contribution in [0.25, 0.3) is 11.1 Å². The molecule has 2 aromatic rings. The van der Waals surface area contributed by atoms with Gasteiger partial charge in [-0.25, -0.2) is 4.79 Å². The van der Waals surface area contributed by atoms with Crippen LogP contribution >= 0.6 is 0 Å². The zero-order chi connectivity index (χ0) is 12.7. The van der Waals surface area contributed by atoms with E-state index in [1.54, 1.807) is 0 Å². The highest BCUT2D eigenvalue weighted by molar-refractivity contribution is 5.72. The van der Waals surface area contributed by atoms with Gasteiger partial charge in [0.05, 0.1) is 23.8 Å². The molecule has 0 saturated carbocycles. The molecule has 0 amide bonds. The number of benzene rings is 1. The zero-order valence-electron chi connectivity index (χ0n) is 10.2. The van der Waals surface area contributed by atoms with Crippen molar-refractivity contribution in [2.75, 3.05) is 0 Å². The van der Waals surface area contributed by atoms with Gasteiger partial charge < -0.3 is 14.9 Å². The molecule has 18 heavy (non-hydrogen) atoms. The Morgan fingerprint density at radius 3 is 3.00 bits per heavy atom. The molecule has 1 fully saturated rings. The van der Waals surface area contributed by atoms with Crippen LogP contribution in [-0.2, 0) is 4.74 Å². The Bertz CT molecular complexity index is 616. The number of hydrogen-bond donors (Lipinski definition) is 2. The van der Waals surface area contributed by atoms with Gasteiger partial charge in [-0.05, 0) is 37.5 Å². The van der Waals surface area contributed by atoms with E-state index in [-0.39, 0.29) is 18.2 Å². The predicted molar refractivity (Wildman–Crippen MR) is 67.3 cm³/mol. The number of oxazole rings is 1. The topological polar surface area (TPSA) is 81.3 Å². The standard InChI is InChI=1S/C13H16N2O3/c1-7-2-5-10(17-7)12(14)8-3-4-9-11(6-8)18-13(16)15-9/h3-4,6-7,10,12H,2,5,14H2,1H3,(H,15,16). The minimum Gasteiger partial charge on any atom is -0.408 e. The van der Waals surface area contributed by atoms with Crippen LogP contribution in [0.1, 0.15) is 31.4 Å². The predicted octanol–water partition coefficient (Wildman–Crippen LogP) is 1.69. The number of fused-ring (bicyclic) bond motifs is 1. The molecule has 1 aliphatic rings. The first-order valence-corrected chi connectivity index (χ1v) is 6.17. The Morgan fingerprint density at radius 2 is 2.28 bits per heavy atom. The Morgan fingerprint density at radius 1 is 1.44 bits per heavy atom. The van der Waals surface area contributed by atoms with Crippen molar-refractivity contribution in [2.45, 2.75) is 38.0 Å². The maximum Gasteiger partial charge on any atom is 0.417 e. The summed E-state index contributed by atoms with van der Waals surface area (Å²) in [5.74, 6) is -0.443. The summed E-state index contributed by atoms with van der Waals surface area (Å²) in [6.07, 6.45) is 2.33. The van der Waals surface area contributed by atoms with Gasteiger partial charge in [0.2, 0.25) is 0 Å². The van der Waals surface area contributed by atoms with Gasteiger partial charge in [-0.2, -0.15) is 0 Å². The van der Waals surface area contributed by atoms with Crippen molar-refractivity contribution < 1.29 is 9.15 Å². The second kappa shape index (κ2) is 4.26. The average molecular weight is 248 g/mol. The third kappa shape index (κ3) is 1.95. The van der Waals surface area contributed by atoms with E-state index >= 15 is 0 Å². The Hall–Kier alpha value is -1.59.